The third-order valence-corrected chi connectivity index (χ3v) is 2.43. The molecule has 1 aliphatic heterocycles. The van der Waals surface area contributed by atoms with Gasteiger partial charge < -0.3 is 5.32 Å². The summed E-state index contributed by atoms with van der Waals surface area (Å²) < 4.78 is 14.3. The highest BCUT2D eigenvalue weighted by Gasteiger charge is 2.20. The van der Waals surface area contributed by atoms with Gasteiger partial charge in [-0.1, -0.05) is 11.6 Å². The molecule has 66 valence electrons. The van der Waals surface area contributed by atoms with Crippen molar-refractivity contribution in [3.05, 3.63) is 17.2 Å². The predicted octanol–water partition coefficient (Wildman–Crippen LogP) is 1.21. The van der Waals surface area contributed by atoms with E-state index >= 15 is 0 Å². The maximum Gasteiger partial charge on any atom is 0.180 e. The van der Waals surface area contributed by atoms with Gasteiger partial charge in [-0.3, -0.25) is 0 Å². The standard InChI is InChI=1S/C7H9ClFN3/c8-7-6(9)4-11-12(7)5-1-2-10-3-5/h4-5,10H,1-3H2. The van der Waals surface area contributed by atoms with E-state index in [-0.39, 0.29) is 11.2 Å². The number of hydrogen-bond acceptors (Lipinski definition) is 2. The first-order chi connectivity index (χ1) is 5.79. The van der Waals surface area contributed by atoms with Crippen molar-refractivity contribution >= 4 is 11.6 Å². The number of nitrogens with one attached hydrogen (secondary N) is 1. The molecule has 5 heteroatoms. The van der Waals surface area contributed by atoms with E-state index < -0.39 is 5.82 Å². The second-order valence-electron chi connectivity index (χ2n) is 2.87. The number of hydrogen-bond donors (Lipinski definition) is 1. The van der Waals surface area contributed by atoms with E-state index in [2.05, 4.69) is 10.4 Å². The summed E-state index contributed by atoms with van der Waals surface area (Å²) in [6.45, 7) is 1.77. The molecular formula is C7H9ClFN3. The van der Waals surface area contributed by atoms with Crippen molar-refractivity contribution in [2.24, 2.45) is 0 Å². The van der Waals surface area contributed by atoms with Gasteiger partial charge >= 0.3 is 0 Å². The minimum atomic E-state index is -0.441. The Balaban J connectivity index is 2.26. The van der Waals surface area contributed by atoms with E-state index in [1.807, 2.05) is 0 Å². The summed E-state index contributed by atoms with van der Waals surface area (Å²) in [7, 11) is 0. The van der Waals surface area contributed by atoms with Crippen molar-refractivity contribution < 1.29 is 4.39 Å². The molecule has 2 rings (SSSR count). The average Bonchev–Trinajstić information content (AvgIpc) is 2.64. The minimum absolute atomic E-state index is 0.115. The maximum atomic E-state index is 12.8. The Morgan fingerprint density at radius 2 is 2.58 bits per heavy atom. The largest absolute Gasteiger partial charge is 0.315 e. The van der Waals surface area contributed by atoms with Gasteiger partial charge in [0.25, 0.3) is 0 Å². The van der Waals surface area contributed by atoms with Crippen molar-refractivity contribution in [3.63, 3.8) is 0 Å². The summed E-state index contributed by atoms with van der Waals surface area (Å²) >= 11 is 5.69. The molecule has 0 aliphatic carbocycles. The van der Waals surface area contributed by atoms with Crippen LogP contribution in [0.3, 0.4) is 0 Å². The summed E-state index contributed by atoms with van der Waals surface area (Å²) in [5.41, 5.74) is 0. The Hall–Kier alpha value is -0.610. The monoisotopic (exact) mass is 189 g/mol. The van der Waals surface area contributed by atoms with E-state index in [0.29, 0.717) is 0 Å². The van der Waals surface area contributed by atoms with Gasteiger partial charge in [0.1, 0.15) is 0 Å². The predicted molar refractivity (Wildman–Crippen MR) is 43.7 cm³/mol. The van der Waals surface area contributed by atoms with Crippen molar-refractivity contribution in [2.45, 2.75) is 12.5 Å². The fraction of sp³-hybridized carbons (Fsp3) is 0.571. The molecule has 1 N–H and O–H groups in total. The van der Waals surface area contributed by atoms with Crippen LogP contribution < -0.4 is 5.32 Å². The summed E-state index contributed by atoms with van der Waals surface area (Å²) in [4.78, 5) is 0. The van der Waals surface area contributed by atoms with E-state index in [0.717, 1.165) is 25.7 Å². The molecular weight excluding hydrogens is 181 g/mol. The fourth-order valence-electron chi connectivity index (χ4n) is 1.43. The molecule has 0 amide bonds. The summed E-state index contributed by atoms with van der Waals surface area (Å²) in [5, 5.41) is 7.15. The van der Waals surface area contributed by atoms with Crippen molar-refractivity contribution in [1.82, 2.24) is 15.1 Å². The Morgan fingerprint density at radius 1 is 1.75 bits per heavy atom. The van der Waals surface area contributed by atoms with Crippen LogP contribution in [-0.4, -0.2) is 22.9 Å². The van der Waals surface area contributed by atoms with Gasteiger partial charge in [0.05, 0.1) is 12.2 Å². The smallest absolute Gasteiger partial charge is 0.180 e. The lowest BCUT2D eigenvalue weighted by Gasteiger charge is -2.09. The molecule has 1 unspecified atom stereocenters. The van der Waals surface area contributed by atoms with Crippen LogP contribution >= 0.6 is 11.6 Å². The van der Waals surface area contributed by atoms with Crippen LogP contribution in [0.1, 0.15) is 12.5 Å². The topological polar surface area (TPSA) is 29.9 Å². The molecule has 0 saturated carbocycles. The zero-order valence-electron chi connectivity index (χ0n) is 6.43. The van der Waals surface area contributed by atoms with Crippen LogP contribution in [-0.2, 0) is 0 Å². The van der Waals surface area contributed by atoms with Crippen molar-refractivity contribution in [3.8, 4) is 0 Å². The second kappa shape index (κ2) is 3.03. The van der Waals surface area contributed by atoms with E-state index in [1.165, 1.54) is 4.68 Å². The Labute approximate surface area is 74.5 Å². The van der Waals surface area contributed by atoms with Gasteiger partial charge in [-0.25, -0.2) is 9.07 Å². The lowest BCUT2D eigenvalue weighted by atomic mass is 10.3. The lowest BCUT2D eigenvalue weighted by Crippen LogP contribution is -2.14. The summed E-state index contributed by atoms with van der Waals surface area (Å²) in [6, 6.07) is 0.210. The molecule has 3 nitrogen and oxygen atoms in total. The van der Waals surface area contributed by atoms with Gasteiger partial charge in [0.2, 0.25) is 0 Å². The molecule has 1 fully saturated rings. The number of halogens is 2. The first-order valence-electron chi connectivity index (χ1n) is 3.88. The highest BCUT2D eigenvalue weighted by Crippen LogP contribution is 2.21. The zero-order chi connectivity index (χ0) is 8.55. The van der Waals surface area contributed by atoms with Crippen molar-refractivity contribution in [1.29, 1.82) is 0 Å². The first kappa shape index (κ1) is 8.01. The minimum Gasteiger partial charge on any atom is -0.315 e. The van der Waals surface area contributed by atoms with Gasteiger partial charge in [0.15, 0.2) is 11.0 Å². The molecule has 0 spiro atoms. The molecule has 1 aromatic rings. The third-order valence-electron chi connectivity index (χ3n) is 2.07. The van der Waals surface area contributed by atoms with Crippen LogP contribution in [0.5, 0.6) is 0 Å². The Bertz CT molecular complexity index is 280. The van der Waals surface area contributed by atoms with Gasteiger partial charge in [-0.05, 0) is 13.0 Å². The Morgan fingerprint density at radius 3 is 3.08 bits per heavy atom. The number of aromatic nitrogens is 2. The lowest BCUT2D eigenvalue weighted by molar-refractivity contribution is 0.488. The molecule has 1 atom stereocenters. The number of rotatable bonds is 1. The normalized spacial score (nSPS) is 23.3. The van der Waals surface area contributed by atoms with E-state index in [1.54, 1.807) is 0 Å². The van der Waals surface area contributed by atoms with E-state index in [9.17, 15) is 4.39 Å². The molecule has 1 aromatic heterocycles. The average molecular weight is 190 g/mol. The summed E-state index contributed by atoms with van der Waals surface area (Å²) in [6.07, 6.45) is 2.11. The zero-order valence-corrected chi connectivity index (χ0v) is 7.18. The highest BCUT2D eigenvalue weighted by atomic mass is 35.5. The summed E-state index contributed by atoms with van der Waals surface area (Å²) in [5.74, 6) is -0.441. The van der Waals surface area contributed by atoms with Crippen LogP contribution in [0.4, 0.5) is 4.39 Å². The fourth-order valence-corrected chi connectivity index (χ4v) is 1.66. The second-order valence-corrected chi connectivity index (χ2v) is 3.23. The van der Waals surface area contributed by atoms with Crippen LogP contribution in [0.15, 0.2) is 6.20 Å². The molecule has 0 aromatic carbocycles. The molecule has 1 saturated heterocycles. The number of nitrogens with zero attached hydrogens (tertiary/aromatic N) is 2. The Kier molecular flexibility index (Phi) is 2.02. The van der Waals surface area contributed by atoms with Gasteiger partial charge in [0, 0.05) is 6.54 Å². The molecule has 1 aliphatic rings. The van der Waals surface area contributed by atoms with Gasteiger partial charge in [-0.15, -0.1) is 0 Å². The van der Waals surface area contributed by atoms with Crippen LogP contribution in [0, 0.1) is 5.82 Å². The first-order valence-corrected chi connectivity index (χ1v) is 4.26. The van der Waals surface area contributed by atoms with Gasteiger partial charge in [-0.2, -0.15) is 5.10 Å². The maximum absolute atomic E-state index is 12.8. The molecule has 0 radical (unpaired) electrons. The molecule has 2 heterocycles. The quantitative estimate of drug-likeness (QED) is 0.720. The molecule has 0 bridgehead atoms. The van der Waals surface area contributed by atoms with Crippen LogP contribution in [0.25, 0.3) is 0 Å². The van der Waals surface area contributed by atoms with Crippen LogP contribution in [0.2, 0.25) is 5.15 Å². The highest BCUT2D eigenvalue weighted by molar-refractivity contribution is 6.29. The SMILES string of the molecule is Fc1cnn(C2CCNC2)c1Cl. The van der Waals surface area contributed by atoms with E-state index in [4.69, 9.17) is 11.6 Å². The third kappa shape index (κ3) is 1.21. The molecule has 12 heavy (non-hydrogen) atoms. The van der Waals surface area contributed by atoms with Crippen molar-refractivity contribution in [2.75, 3.05) is 13.1 Å².